The fraction of sp³-hybridized carbons (Fsp3) is 0.462. The highest BCUT2D eigenvalue weighted by molar-refractivity contribution is 5.75. The average Bonchev–Trinajstić information content (AvgIpc) is 2.60. The van der Waals surface area contributed by atoms with Crippen LogP contribution in [0.5, 0.6) is 0 Å². The number of aromatic amines is 1. The van der Waals surface area contributed by atoms with Crippen molar-refractivity contribution >= 4 is 11.0 Å². The first-order chi connectivity index (χ1) is 8.22. The molecule has 0 saturated carbocycles. The Morgan fingerprint density at radius 1 is 1.41 bits per heavy atom. The van der Waals surface area contributed by atoms with Crippen LogP contribution in [0.2, 0.25) is 0 Å². The smallest absolute Gasteiger partial charge is 0.326 e. The standard InChI is InChI=1S/C13H18N2O2/c1-3-17-8-4-7-15-12-6-5-10(2)9-11(12)14-13(15)16/h5-6,9H,3-4,7-8H2,1-2H3,(H,14,16). The lowest BCUT2D eigenvalue weighted by Gasteiger charge is -2.03. The normalized spacial score (nSPS) is 11.2. The lowest BCUT2D eigenvalue weighted by Crippen LogP contribution is -2.17. The van der Waals surface area contributed by atoms with Crippen LogP contribution < -0.4 is 5.69 Å². The summed E-state index contributed by atoms with van der Waals surface area (Å²) in [6.07, 6.45) is 0.856. The van der Waals surface area contributed by atoms with Crippen LogP contribution in [-0.2, 0) is 11.3 Å². The van der Waals surface area contributed by atoms with E-state index < -0.39 is 0 Å². The van der Waals surface area contributed by atoms with E-state index in [1.165, 1.54) is 0 Å². The van der Waals surface area contributed by atoms with E-state index in [1.54, 1.807) is 4.57 Å². The first kappa shape index (κ1) is 11.9. The minimum Gasteiger partial charge on any atom is -0.382 e. The number of nitrogens with zero attached hydrogens (tertiary/aromatic N) is 1. The molecule has 17 heavy (non-hydrogen) atoms. The molecule has 0 aliphatic carbocycles. The molecule has 1 aromatic carbocycles. The number of H-pyrrole nitrogens is 1. The molecule has 4 heteroatoms. The number of fused-ring (bicyclic) bond motifs is 1. The summed E-state index contributed by atoms with van der Waals surface area (Å²) in [5.74, 6) is 0. The molecular weight excluding hydrogens is 216 g/mol. The summed E-state index contributed by atoms with van der Waals surface area (Å²) in [4.78, 5) is 14.7. The molecule has 0 aliphatic rings. The van der Waals surface area contributed by atoms with Crippen molar-refractivity contribution in [3.63, 3.8) is 0 Å². The lowest BCUT2D eigenvalue weighted by molar-refractivity contribution is 0.141. The molecule has 0 radical (unpaired) electrons. The molecular formula is C13H18N2O2. The number of benzene rings is 1. The van der Waals surface area contributed by atoms with Gasteiger partial charge < -0.3 is 9.72 Å². The third kappa shape index (κ3) is 2.58. The lowest BCUT2D eigenvalue weighted by atomic mass is 10.2. The zero-order chi connectivity index (χ0) is 12.3. The van der Waals surface area contributed by atoms with Gasteiger partial charge in [0.15, 0.2) is 0 Å². The Balaban J connectivity index is 2.21. The number of nitrogens with one attached hydrogen (secondary N) is 1. The number of imidazole rings is 1. The van der Waals surface area contributed by atoms with Crippen LogP contribution in [0.25, 0.3) is 11.0 Å². The van der Waals surface area contributed by atoms with Crippen LogP contribution in [0, 0.1) is 6.92 Å². The second-order valence-electron chi connectivity index (χ2n) is 4.15. The topological polar surface area (TPSA) is 47.0 Å². The van der Waals surface area contributed by atoms with Crippen LogP contribution in [0.15, 0.2) is 23.0 Å². The molecule has 2 rings (SSSR count). The number of hydrogen-bond acceptors (Lipinski definition) is 2. The van der Waals surface area contributed by atoms with Crippen molar-refractivity contribution < 1.29 is 4.74 Å². The molecule has 0 bridgehead atoms. The molecule has 92 valence electrons. The SMILES string of the molecule is CCOCCCn1c(=O)[nH]c2cc(C)ccc21. The summed E-state index contributed by atoms with van der Waals surface area (Å²) < 4.78 is 7.05. The Bertz CT molecular complexity index is 554. The average molecular weight is 234 g/mol. The van der Waals surface area contributed by atoms with E-state index in [4.69, 9.17) is 4.74 Å². The van der Waals surface area contributed by atoms with Crippen LogP contribution >= 0.6 is 0 Å². The number of rotatable bonds is 5. The van der Waals surface area contributed by atoms with Gasteiger partial charge in [-0.05, 0) is 38.0 Å². The zero-order valence-electron chi connectivity index (χ0n) is 10.3. The molecule has 0 spiro atoms. The van der Waals surface area contributed by atoms with Crippen molar-refractivity contribution in [2.45, 2.75) is 26.8 Å². The van der Waals surface area contributed by atoms with Gasteiger partial charge in [0, 0.05) is 19.8 Å². The maximum Gasteiger partial charge on any atom is 0.326 e. The first-order valence-electron chi connectivity index (χ1n) is 5.99. The van der Waals surface area contributed by atoms with Gasteiger partial charge in [-0.2, -0.15) is 0 Å². The third-order valence-corrected chi connectivity index (χ3v) is 2.80. The van der Waals surface area contributed by atoms with E-state index in [1.807, 2.05) is 32.0 Å². The monoisotopic (exact) mass is 234 g/mol. The molecule has 4 nitrogen and oxygen atoms in total. The quantitative estimate of drug-likeness (QED) is 0.805. The van der Waals surface area contributed by atoms with Crippen LogP contribution in [0.4, 0.5) is 0 Å². The van der Waals surface area contributed by atoms with Crippen molar-refractivity contribution in [3.8, 4) is 0 Å². The largest absolute Gasteiger partial charge is 0.382 e. The van der Waals surface area contributed by atoms with E-state index in [2.05, 4.69) is 4.98 Å². The molecule has 0 amide bonds. The van der Waals surface area contributed by atoms with Gasteiger partial charge in [0.2, 0.25) is 0 Å². The van der Waals surface area contributed by atoms with Crippen molar-refractivity contribution in [1.82, 2.24) is 9.55 Å². The van der Waals surface area contributed by atoms with Gasteiger partial charge in [-0.25, -0.2) is 4.79 Å². The number of ether oxygens (including phenoxy) is 1. The summed E-state index contributed by atoms with van der Waals surface area (Å²) in [6.45, 7) is 6.11. The minimum absolute atomic E-state index is 0.0397. The van der Waals surface area contributed by atoms with Crippen molar-refractivity contribution in [3.05, 3.63) is 34.2 Å². The number of aromatic nitrogens is 2. The van der Waals surface area contributed by atoms with Gasteiger partial charge in [-0.15, -0.1) is 0 Å². The molecule has 2 aromatic rings. The number of aryl methyl sites for hydroxylation is 2. The molecule has 0 aliphatic heterocycles. The second kappa shape index (κ2) is 5.19. The van der Waals surface area contributed by atoms with Crippen molar-refractivity contribution in [2.75, 3.05) is 13.2 Å². The van der Waals surface area contributed by atoms with Crippen molar-refractivity contribution in [2.24, 2.45) is 0 Å². The molecule has 1 N–H and O–H groups in total. The van der Waals surface area contributed by atoms with Crippen LogP contribution in [0.1, 0.15) is 18.9 Å². The highest BCUT2D eigenvalue weighted by atomic mass is 16.5. The Labute approximate surface area is 100 Å². The molecule has 0 atom stereocenters. The molecule has 1 heterocycles. The van der Waals surface area contributed by atoms with Gasteiger partial charge in [-0.3, -0.25) is 4.57 Å². The van der Waals surface area contributed by atoms with E-state index in [0.717, 1.165) is 29.6 Å². The molecule has 1 aromatic heterocycles. The second-order valence-corrected chi connectivity index (χ2v) is 4.15. The minimum atomic E-state index is -0.0397. The van der Waals surface area contributed by atoms with Gasteiger partial charge in [0.25, 0.3) is 0 Å². The predicted octanol–water partition coefficient (Wildman–Crippen LogP) is 2.06. The third-order valence-electron chi connectivity index (χ3n) is 2.80. The molecule has 0 saturated heterocycles. The van der Waals surface area contributed by atoms with E-state index >= 15 is 0 Å². The maximum absolute atomic E-state index is 11.8. The van der Waals surface area contributed by atoms with Gasteiger partial charge in [0.1, 0.15) is 0 Å². The predicted molar refractivity (Wildman–Crippen MR) is 68.4 cm³/mol. The van der Waals surface area contributed by atoms with Gasteiger partial charge >= 0.3 is 5.69 Å². The van der Waals surface area contributed by atoms with E-state index in [0.29, 0.717) is 13.2 Å². The van der Waals surface area contributed by atoms with Gasteiger partial charge in [-0.1, -0.05) is 6.07 Å². The highest BCUT2D eigenvalue weighted by Crippen LogP contribution is 2.12. The highest BCUT2D eigenvalue weighted by Gasteiger charge is 2.05. The summed E-state index contributed by atoms with van der Waals surface area (Å²) in [5.41, 5.74) is 2.99. The first-order valence-corrected chi connectivity index (χ1v) is 5.99. The summed E-state index contributed by atoms with van der Waals surface area (Å²) in [7, 11) is 0. The summed E-state index contributed by atoms with van der Waals surface area (Å²) in [6, 6.07) is 6.01. The molecule has 0 fully saturated rings. The summed E-state index contributed by atoms with van der Waals surface area (Å²) in [5, 5.41) is 0. The zero-order valence-corrected chi connectivity index (χ0v) is 10.3. The van der Waals surface area contributed by atoms with Crippen LogP contribution in [0.3, 0.4) is 0 Å². The number of hydrogen-bond donors (Lipinski definition) is 1. The Morgan fingerprint density at radius 3 is 3.00 bits per heavy atom. The Hall–Kier alpha value is -1.55. The van der Waals surface area contributed by atoms with Crippen LogP contribution in [-0.4, -0.2) is 22.8 Å². The van der Waals surface area contributed by atoms with E-state index in [9.17, 15) is 4.79 Å². The maximum atomic E-state index is 11.8. The Morgan fingerprint density at radius 2 is 2.24 bits per heavy atom. The van der Waals surface area contributed by atoms with E-state index in [-0.39, 0.29) is 5.69 Å². The fourth-order valence-corrected chi connectivity index (χ4v) is 1.97. The summed E-state index contributed by atoms with van der Waals surface area (Å²) >= 11 is 0. The molecule has 0 unspecified atom stereocenters. The Kier molecular flexibility index (Phi) is 3.64. The van der Waals surface area contributed by atoms with Crippen molar-refractivity contribution in [1.29, 1.82) is 0 Å². The fourth-order valence-electron chi connectivity index (χ4n) is 1.97. The van der Waals surface area contributed by atoms with Gasteiger partial charge in [0.05, 0.1) is 11.0 Å².